The molecular weight excluding hydrogens is 261 g/mol. The Bertz CT molecular complexity index is 368. The average Bonchev–Trinajstić information content (AvgIpc) is 2.42. The van der Waals surface area contributed by atoms with E-state index >= 15 is 0 Å². The fraction of sp³-hybridized carbons (Fsp3) is 0.625. The zero-order valence-corrected chi connectivity index (χ0v) is 12.8. The zero-order valence-electron chi connectivity index (χ0n) is 12.0. The number of nitrogens with one attached hydrogen (secondary N) is 1. The summed E-state index contributed by atoms with van der Waals surface area (Å²) in [5, 5.41) is 3.50. The van der Waals surface area contributed by atoms with Gasteiger partial charge < -0.3 is 5.32 Å². The number of halogens is 2. The van der Waals surface area contributed by atoms with Crippen molar-refractivity contribution in [2.75, 3.05) is 7.05 Å². The SMILES string of the molecule is CCCCCCCC(Cc1cccc(Cl)c1F)NC. The highest BCUT2D eigenvalue weighted by Gasteiger charge is 2.12. The first-order valence-corrected chi connectivity index (χ1v) is 7.67. The van der Waals surface area contributed by atoms with Gasteiger partial charge in [-0.1, -0.05) is 62.8 Å². The lowest BCUT2D eigenvalue weighted by molar-refractivity contribution is 0.473. The van der Waals surface area contributed by atoms with Gasteiger partial charge in [-0.25, -0.2) is 4.39 Å². The van der Waals surface area contributed by atoms with Crippen LogP contribution in [0.5, 0.6) is 0 Å². The predicted octanol–water partition coefficient (Wildman–Crippen LogP) is 4.97. The van der Waals surface area contributed by atoms with Gasteiger partial charge in [0.05, 0.1) is 5.02 Å². The van der Waals surface area contributed by atoms with Gasteiger partial charge in [0.25, 0.3) is 0 Å². The first-order chi connectivity index (χ1) is 9.19. The Hall–Kier alpha value is -0.600. The van der Waals surface area contributed by atoms with Crippen molar-refractivity contribution in [1.82, 2.24) is 5.32 Å². The molecule has 1 aromatic carbocycles. The largest absolute Gasteiger partial charge is 0.317 e. The van der Waals surface area contributed by atoms with Gasteiger partial charge in [-0.15, -0.1) is 0 Å². The van der Waals surface area contributed by atoms with Crippen molar-refractivity contribution in [2.45, 2.75) is 57.9 Å². The molecule has 0 fully saturated rings. The smallest absolute Gasteiger partial charge is 0.145 e. The summed E-state index contributed by atoms with van der Waals surface area (Å²) in [6.07, 6.45) is 8.15. The van der Waals surface area contributed by atoms with Crippen molar-refractivity contribution in [2.24, 2.45) is 0 Å². The van der Waals surface area contributed by atoms with Crippen LogP contribution in [0.4, 0.5) is 4.39 Å². The van der Waals surface area contributed by atoms with Crippen molar-refractivity contribution in [3.8, 4) is 0 Å². The summed E-state index contributed by atoms with van der Waals surface area (Å²) in [5.41, 5.74) is 0.709. The molecule has 0 spiro atoms. The third-order valence-electron chi connectivity index (χ3n) is 3.56. The molecular formula is C16H25ClFN. The third kappa shape index (κ3) is 5.92. The second kappa shape index (κ2) is 9.33. The lowest BCUT2D eigenvalue weighted by Gasteiger charge is -2.16. The molecule has 19 heavy (non-hydrogen) atoms. The van der Waals surface area contributed by atoms with Crippen molar-refractivity contribution in [3.05, 3.63) is 34.6 Å². The maximum Gasteiger partial charge on any atom is 0.145 e. The highest BCUT2D eigenvalue weighted by molar-refractivity contribution is 6.30. The zero-order chi connectivity index (χ0) is 14.1. The molecule has 0 radical (unpaired) electrons. The van der Waals surface area contributed by atoms with Gasteiger partial charge in [-0.2, -0.15) is 0 Å². The number of hydrogen-bond donors (Lipinski definition) is 1. The molecule has 1 unspecified atom stereocenters. The van der Waals surface area contributed by atoms with Gasteiger partial charge in [0.2, 0.25) is 0 Å². The fourth-order valence-electron chi connectivity index (χ4n) is 2.31. The van der Waals surface area contributed by atoms with Gasteiger partial charge in [0.15, 0.2) is 0 Å². The molecule has 1 atom stereocenters. The minimum absolute atomic E-state index is 0.218. The van der Waals surface area contributed by atoms with E-state index < -0.39 is 0 Å². The minimum Gasteiger partial charge on any atom is -0.317 e. The first-order valence-electron chi connectivity index (χ1n) is 7.29. The summed E-state index contributed by atoms with van der Waals surface area (Å²) in [6, 6.07) is 5.56. The maximum atomic E-state index is 13.8. The average molecular weight is 286 g/mol. The summed E-state index contributed by atoms with van der Waals surface area (Å²) >= 11 is 5.81. The molecule has 1 N–H and O–H groups in total. The van der Waals surface area contributed by atoms with E-state index in [0.717, 1.165) is 6.42 Å². The number of likely N-dealkylation sites (N-methyl/N-ethyl adjacent to an activating group) is 1. The van der Waals surface area contributed by atoms with Crippen LogP contribution in [-0.4, -0.2) is 13.1 Å². The monoisotopic (exact) mass is 285 g/mol. The van der Waals surface area contributed by atoms with Crippen molar-refractivity contribution in [3.63, 3.8) is 0 Å². The van der Waals surface area contributed by atoms with Crippen LogP contribution in [-0.2, 0) is 6.42 Å². The molecule has 0 amide bonds. The van der Waals surface area contributed by atoms with E-state index in [-0.39, 0.29) is 10.8 Å². The molecule has 1 aromatic rings. The third-order valence-corrected chi connectivity index (χ3v) is 3.85. The number of hydrogen-bond acceptors (Lipinski definition) is 1. The Morgan fingerprint density at radius 2 is 1.95 bits per heavy atom. The number of benzene rings is 1. The Morgan fingerprint density at radius 1 is 1.21 bits per heavy atom. The van der Waals surface area contributed by atoms with E-state index in [9.17, 15) is 4.39 Å². The lowest BCUT2D eigenvalue weighted by Crippen LogP contribution is -2.27. The fourth-order valence-corrected chi connectivity index (χ4v) is 2.51. The molecule has 0 aliphatic rings. The van der Waals surface area contributed by atoms with E-state index in [1.165, 1.54) is 32.1 Å². The van der Waals surface area contributed by atoms with E-state index in [2.05, 4.69) is 12.2 Å². The van der Waals surface area contributed by atoms with Crippen LogP contribution in [0, 0.1) is 5.82 Å². The Kier molecular flexibility index (Phi) is 8.08. The highest BCUT2D eigenvalue weighted by Crippen LogP contribution is 2.20. The molecule has 108 valence electrons. The topological polar surface area (TPSA) is 12.0 Å². The standard InChI is InChI=1S/C16H25ClFN/c1-3-4-5-6-7-10-14(19-2)12-13-9-8-11-15(17)16(13)18/h8-9,11,14,19H,3-7,10,12H2,1-2H3. The van der Waals surface area contributed by atoms with Crippen LogP contribution in [0.3, 0.4) is 0 Å². The highest BCUT2D eigenvalue weighted by atomic mass is 35.5. The van der Waals surface area contributed by atoms with Crippen LogP contribution < -0.4 is 5.32 Å². The van der Waals surface area contributed by atoms with Crippen molar-refractivity contribution < 1.29 is 4.39 Å². The van der Waals surface area contributed by atoms with Gasteiger partial charge in [0, 0.05) is 6.04 Å². The molecule has 0 aromatic heterocycles. The summed E-state index contributed by atoms with van der Waals surface area (Å²) in [7, 11) is 1.94. The molecule has 0 saturated carbocycles. The molecule has 3 heteroatoms. The number of unbranched alkanes of at least 4 members (excludes halogenated alkanes) is 4. The maximum absolute atomic E-state index is 13.8. The summed E-state index contributed by atoms with van der Waals surface area (Å²) < 4.78 is 13.8. The van der Waals surface area contributed by atoms with E-state index in [0.29, 0.717) is 18.0 Å². The van der Waals surface area contributed by atoms with Gasteiger partial charge in [-0.05, 0) is 31.5 Å². The molecule has 0 aliphatic heterocycles. The summed E-state index contributed by atoms with van der Waals surface area (Å²) in [6.45, 7) is 2.22. The van der Waals surface area contributed by atoms with Crippen LogP contribution in [0.25, 0.3) is 0 Å². The van der Waals surface area contributed by atoms with E-state index in [4.69, 9.17) is 11.6 Å². The molecule has 0 bridgehead atoms. The Morgan fingerprint density at radius 3 is 2.63 bits per heavy atom. The molecule has 1 rings (SSSR count). The normalized spacial score (nSPS) is 12.6. The van der Waals surface area contributed by atoms with Crippen LogP contribution in [0.2, 0.25) is 5.02 Å². The van der Waals surface area contributed by atoms with Gasteiger partial charge >= 0.3 is 0 Å². The molecule has 1 nitrogen and oxygen atoms in total. The Balaban J connectivity index is 2.41. The lowest BCUT2D eigenvalue weighted by atomic mass is 9.99. The van der Waals surface area contributed by atoms with Gasteiger partial charge in [-0.3, -0.25) is 0 Å². The second-order valence-electron chi connectivity index (χ2n) is 5.11. The number of rotatable bonds is 9. The van der Waals surface area contributed by atoms with Crippen molar-refractivity contribution >= 4 is 11.6 Å². The van der Waals surface area contributed by atoms with Crippen LogP contribution in [0.1, 0.15) is 51.0 Å². The first kappa shape index (κ1) is 16.5. The van der Waals surface area contributed by atoms with Gasteiger partial charge in [0.1, 0.15) is 5.82 Å². The van der Waals surface area contributed by atoms with Crippen LogP contribution in [0.15, 0.2) is 18.2 Å². The Labute approximate surface area is 121 Å². The molecule has 0 aliphatic carbocycles. The summed E-state index contributed by atoms with van der Waals surface area (Å²) in [5.74, 6) is -0.268. The van der Waals surface area contributed by atoms with E-state index in [1.54, 1.807) is 6.07 Å². The van der Waals surface area contributed by atoms with Crippen LogP contribution >= 0.6 is 11.6 Å². The summed E-state index contributed by atoms with van der Waals surface area (Å²) in [4.78, 5) is 0. The predicted molar refractivity (Wildman–Crippen MR) is 81.3 cm³/mol. The quantitative estimate of drug-likeness (QED) is 0.632. The second-order valence-corrected chi connectivity index (χ2v) is 5.51. The van der Waals surface area contributed by atoms with E-state index in [1.807, 2.05) is 19.2 Å². The molecule has 0 heterocycles. The van der Waals surface area contributed by atoms with Crippen molar-refractivity contribution in [1.29, 1.82) is 0 Å². The molecule has 0 saturated heterocycles. The minimum atomic E-state index is -0.268.